The lowest BCUT2D eigenvalue weighted by Gasteiger charge is -2.39. The summed E-state index contributed by atoms with van der Waals surface area (Å²) in [5.74, 6) is 0. The van der Waals surface area contributed by atoms with E-state index in [9.17, 15) is 9.90 Å². The molecule has 2 heterocycles. The van der Waals surface area contributed by atoms with Crippen molar-refractivity contribution in [2.45, 2.75) is 50.7 Å². The van der Waals surface area contributed by atoms with E-state index in [-0.39, 0.29) is 18.2 Å². The SMILES string of the molecule is O=C(Nc1ccccc1N1CCCCC1)N1CCN(C2CCCC2O)CC1. The molecule has 1 aliphatic carbocycles. The molecule has 0 radical (unpaired) electrons. The van der Waals surface area contributed by atoms with Gasteiger partial charge in [-0.15, -0.1) is 0 Å². The monoisotopic (exact) mass is 372 g/mol. The van der Waals surface area contributed by atoms with Gasteiger partial charge in [0.2, 0.25) is 0 Å². The zero-order valence-corrected chi connectivity index (χ0v) is 16.1. The van der Waals surface area contributed by atoms with Gasteiger partial charge in [0.1, 0.15) is 0 Å². The number of rotatable bonds is 3. The van der Waals surface area contributed by atoms with E-state index in [1.807, 2.05) is 23.1 Å². The van der Waals surface area contributed by atoms with Crippen LogP contribution < -0.4 is 10.2 Å². The quantitative estimate of drug-likeness (QED) is 0.857. The third-order valence-electron chi connectivity index (χ3n) is 6.36. The summed E-state index contributed by atoms with van der Waals surface area (Å²) in [5, 5.41) is 13.3. The number of carbonyl (C=O) groups is 1. The molecule has 0 aromatic heterocycles. The molecule has 4 rings (SSSR count). The summed E-state index contributed by atoms with van der Waals surface area (Å²) in [4.78, 5) is 19.5. The van der Waals surface area contributed by atoms with Crippen LogP contribution in [0.25, 0.3) is 0 Å². The van der Waals surface area contributed by atoms with Crippen LogP contribution in [0.15, 0.2) is 24.3 Å². The predicted molar refractivity (Wildman–Crippen MR) is 108 cm³/mol. The van der Waals surface area contributed by atoms with E-state index in [0.29, 0.717) is 0 Å². The van der Waals surface area contributed by atoms with Crippen molar-refractivity contribution >= 4 is 17.4 Å². The Morgan fingerprint density at radius 2 is 1.67 bits per heavy atom. The maximum Gasteiger partial charge on any atom is 0.321 e. The summed E-state index contributed by atoms with van der Waals surface area (Å²) in [6, 6.07) is 8.43. The van der Waals surface area contributed by atoms with Crippen LogP contribution in [-0.2, 0) is 0 Å². The minimum atomic E-state index is -0.193. The molecular formula is C21H32N4O2. The number of nitrogens with one attached hydrogen (secondary N) is 1. The van der Waals surface area contributed by atoms with E-state index in [1.165, 1.54) is 19.3 Å². The number of benzene rings is 1. The fourth-order valence-electron chi connectivity index (χ4n) is 4.79. The van der Waals surface area contributed by atoms with Crippen LogP contribution >= 0.6 is 0 Å². The van der Waals surface area contributed by atoms with E-state index >= 15 is 0 Å². The van der Waals surface area contributed by atoms with Gasteiger partial charge in [0.25, 0.3) is 0 Å². The molecule has 148 valence electrons. The van der Waals surface area contributed by atoms with E-state index < -0.39 is 0 Å². The first-order valence-electron chi connectivity index (χ1n) is 10.5. The highest BCUT2D eigenvalue weighted by atomic mass is 16.3. The van der Waals surface area contributed by atoms with Gasteiger partial charge in [-0.1, -0.05) is 12.1 Å². The fourth-order valence-corrected chi connectivity index (χ4v) is 4.79. The Kier molecular flexibility index (Phi) is 5.83. The average molecular weight is 373 g/mol. The molecule has 27 heavy (non-hydrogen) atoms. The number of carbonyl (C=O) groups excluding carboxylic acids is 1. The Morgan fingerprint density at radius 1 is 0.926 bits per heavy atom. The fraction of sp³-hybridized carbons (Fsp3) is 0.667. The lowest BCUT2D eigenvalue weighted by Crippen LogP contribution is -2.54. The summed E-state index contributed by atoms with van der Waals surface area (Å²) in [5.41, 5.74) is 2.05. The van der Waals surface area contributed by atoms with Gasteiger partial charge in [-0.2, -0.15) is 0 Å². The number of amides is 2. The number of hydrogen-bond acceptors (Lipinski definition) is 4. The van der Waals surface area contributed by atoms with E-state index in [4.69, 9.17) is 0 Å². The molecule has 3 aliphatic rings. The molecule has 2 N–H and O–H groups in total. The maximum absolute atomic E-state index is 12.8. The minimum Gasteiger partial charge on any atom is -0.391 e. The second kappa shape index (κ2) is 8.48. The van der Waals surface area contributed by atoms with Crippen molar-refractivity contribution in [3.05, 3.63) is 24.3 Å². The van der Waals surface area contributed by atoms with E-state index in [1.54, 1.807) is 0 Å². The number of urea groups is 1. The molecule has 3 fully saturated rings. The number of piperazine rings is 1. The topological polar surface area (TPSA) is 59.1 Å². The number of piperidine rings is 1. The number of aliphatic hydroxyl groups is 1. The Labute approximate surface area is 162 Å². The largest absolute Gasteiger partial charge is 0.391 e. The van der Waals surface area contributed by atoms with E-state index in [2.05, 4.69) is 21.2 Å². The third-order valence-corrected chi connectivity index (χ3v) is 6.36. The molecular weight excluding hydrogens is 340 g/mol. The molecule has 2 atom stereocenters. The number of hydrogen-bond donors (Lipinski definition) is 2. The first kappa shape index (κ1) is 18.6. The van der Waals surface area contributed by atoms with E-state index in [0.717, 1.165) is 69.9 Å². The van der Waals surface area contributed by atoms with Gasteiger partial charge in [0.05, 0.1) is 17.5 Å². The Morgan fingerprint density at radius 3 is 2.37 bits per heavy atom. The molecule has 0 spiro atoms. The summed E-state index contributed by atoms with van der Waals surface area (Å²) in [6.45, 7) is 5.28. The van der Waals surface area contributed by atoms with Crippen LogP contribution in [0.4, 0.5) is 16.2 Å². The Bertz CT molecular complexity index is 639. The molecule has 1 aromatic carbocycles. The first-order chi connectivity index (χ1) is 13.2. The smallest absolute Gasteiger partial charge is 0.321 e. The predicted octanol–water partition coefficient (Wildman–Crippen LogP) is 2.74. The summed E-state index contributed by atoms with van der Waals surface area (Å²) in [7, 11) is 0. The molecule has 0 bridgehead atoms. The average Bonchev–Trinajstić information content (AvgIpc) is 3.15. The summed E-state index contributed by atoms with van der Waals surface area (Å²) >= 11 is 0. The Hall–Kier alpha value is -1.79. The van der Waals surface area contributed by atoms with Crippen molar-refractivity contribution in [1.29, 1.82) is 0 Å². The number of para-hydroxylation sites is 2. The van der Waals surface area contributed by atoms with Gasteiger partial charge in [-0.05, 0) is 50.7 Å². The molecule has 2 unspecified atom stereocenters. The maximum atomic E-state index is 12.8. The van der Waals surface area contributed by atoms with Crippen LogP contribution in [0.2, 0.25) is 0 Å². The molecule has 1 aromatic rings. The van der Waals surface area contributed by atoms with Crippen LogP contribution in [0, 0.1) is 0 Å². The second-order valence-corrected chi connectivity index (χ2v) is 8.08. The molecule has 2 amide bonds. The summed E-state index contributed by atoms with van der Waals surface area (Å²) < 4.78 is 0. The second-order valence-electron chi connectivity index (χ2n) is 8.08. The highest BCUT2D eigenvalue weighted by molar-refractivity contribution is 5.93. The van der Waals surface area contributed by atoms with Gasteiger partial charge in [-0.25, -0.2) is 4.79 Å². The molecule has 6 heteroatoms. The van der Waals surface area contributed by atoms with Gasteiger partial charge < -0.3 is 20.2 Å². The van der Waals surface area contributed by atoms with Gasteiger partial charge in [0, 0.05) is 45.3 Å². The van der Waals surface area contributed by atoms with Crippen LogP contribution in [-0.4, -0.2) is 72.4 Å². The lowest BCUT2D eigenvalue weighted by atomic mass is 10.1. The molecule has 2 aliphatic heterocycles. The van der Waals surface area contributed by atoms with Crippen LogP contribution in [0.1, 0.15) is 38.5 Å². The molecule has 2 saturated heterocycles. The highest BCUT2D eigenvalue weighted by Crippen LogP contribution is 2.29. The van der Waals surface area contributed by atoms with Gasteiger partial charge >= 0.3 is 6.03 Å². The highest BCUT2D eigenvalue weighted by Gasteiger charge is 2.33. The van der Waals surface area contributed by atoms with Gasteiger partial charge in [-0.3, -0.25) is 4.90 Å². The number of anilines is 2. The molecule has 1 saturated carbocycles. The van der Waals surface area contributed by atoms with Crippen molar-refractivity contribution in [1.82, 2.24) is 9.80 Å². The van der Waals surface area contributed by atoms with Crippen molar-refractivity contribution < 1.29 is 9.90 Å². The van der Waals surface area contributed by atoms with Crippen molar-refractivity contribution in [3.63, 3.8) is 0 Å². The molecule has 6 nitrogen and oxygen atoms in total. The van der Waals surface area contributed by atoms with Crippen LogP contribution in [0.3, 0.4) is 0 Å². The lowest BCUT2D eigenvalue weighted by molar-refractivity contribution is 0.0447. The zero-order valence-electron chi connectivity index (χ0n) is 16.1. The Balaban J connectivity index is 1.35. The minimum absolute atomic E-state index is 0.00826. The van der Waals surface area contributed by atoms with Crippen molar-refractivity contribution in [3.8, 4) is 0 Å². The first-order valence-corrected chi connectivity index (χ1v) is 10.5. The van der Waals surface area contributed by atoms with Crippen LogP contribution in [0.5, 0.6) is 0 Å². The zero-order chi connectivity index (χ0) is 18.6. The number of nitrogens with zero attached hydrogens (tertiary/aromatic N) is 3. The number of aliphatic hydroxyl groups excluding tert-OH is 1. The van der Waals surface area contributed by atoms with Crippen molar-refractivity contribution in [2.24, 2.45) is 0 Å². The standard InChI is InChI=1S/C21H32N4O2/c26-20-10-6-9-19(20)24-13-15-25(16-14-24)21(27)22-17-7-2-3-8-18(17)23-11-4-1-5-12-23/h2-3,7-8,19-20,26H,1,4-6,9-16H2,(H,22,27). The summed E-state index contributed by atoms with van der Waals surface area (Å²) in [6.07, 6.45) is 6.65. The normalized spacial score (nSPS) is 27.0. The van der Waals surface area contributed by atoms with Crippen molar-refractivity contribution in [2.75, 3.05) is 49.5 Å². The third kappa shape index (κ3) is 4.22. The van der Waals surface area contributed by atoms with Gasteiger partial charge in [0.15, 0.2) is 0 Å².